The molecule has 0 aliphatic carbocycles. The topological polar surface area (TPSA) is 84.6 Å². The molecule has 0 fully saturated rings. The van der Waals surface area contributed by atoms with Gasteiger partial charge in [0.15, 0.2) is 5.65 Å². The van der Waals surface area contributed by atoms with Crippen LogP contribution in [0.15, 0.2) is 36.4 Å². The number of aromatic nitrogens is 4. The van der Waals surface area contributed by atoms with Gasteiger partial charge in [0.1, 0.15) is 35.9 Å². The summed E-state index contributed by atoms with van der Waals surface area (Å²) in [7, 11) is 0. The Morgan fingerprint density at radius 2 is 2.00 bits per heavy atom. The van der Waals surface area contributed by atoms with Crippen molar-refractivity contribution in [2.75, 3.05) is 18.5 Å². The number of benzene rings is 1. The lowest BCUT2D eigenvalue weighted by Crippen LogP contribution is -2.26. The lowest BCUT2D eigenvalue weighted by atomic mass is 10.3. The highest BCUT2D eigenvalue weighted by molar-refractivity contribution is 5.43. The fourth-order valence-corrected chi connectivity index (χ4v) is 1.99. The minimum Gasteiger partial charge on any atom is -0.491 e. The number of nitrogens with one attached hydrogen (secondary N) is 1. The van der Waals surface area contributed by atoms with Crippen LogP contribution in [0.25, 0.3) is 5.65 Å². The summed E-state index contributed by atoms with van der Waals surface area (Å²) in [6.07, 6.45) is -0.741. The number of halogens is 1. The SMILES string of the molecule is Cc1nc2ccc(NC[C@@H](O)COc3ccc(F)cc3)nn2n1. The van der Waals surface area contributed by atoms with E-state index < -0.39 is 6.10 Å². The number of hydrogen-bond acceptors (Lipinski definition) is 6. The highest BCUT2D eigenvalue weighted by Crippen LogP contribution is 2.11. The van der Waals surface area contributed by atoms with Crippen LogP contribution < -0.4 is 10.1 Å². The highest BCUT2D eigenvalue weighted by Gasteiger charge is 2.07. The number of hydrogen-bond donors (Lipinski definition) is 2. The van der Waals surface area contributed by atoms with Gasteiger partial charge in [-0.1, -0.05) is 0 Å². The predicted molar refractivity (Wildman–Crippen MR) is 81.9 cm³/mol. The summed E-state index contributed by atoms with van der Waals surface area (Å²) in [4.78, 5) is 4.18. The Labute approximate surface area is 131 Å². The Bertz CT molecular complexity index is 790. The summed E-state index contributed by atoms with van der Waals surface area (Å²) in [6.45, 7) is 2.13. The van der Waals surface area contributed by atoms with Crippen molar-refractivity contribution < 1.29 is 14.2 Å². The summed E-state index contributed by atoms with van der Waals surface area (Å²) in [6, 6.07) is 9.18. The molecule has 120 valence electrons. The molecule has 3 aromatic rings. The zero-order valence-corrected chi connectivity index (χ0v) is 12.5. The normalized spacial score (nSPS) is 12.3. The summed E-state index contributed by atoms with van der Waals surface area (Å²) < 4.78 is 19.6. The fraction of sp³-hybridized carbons (Fsp3) is 0.267. The maximum absolute atomic E-state index is 12.8. The number of fused-ring (bicyclic) bond motifs is 1. The quantitative estimate of drug-likeness (QED) is 0.715. The molecule has 0 saturated carbocycles. The monoisotopic (exact) mass is 317 g/mol. The molecule has 0 aliphatic rings. The average molecular weight is 317 g/mol. The number of aliphatic hydroxyl groups excluding tert-OH is 1. The Morgan fingerprint density at radius 1 is 1.22 bits per heavy atom. The molecule has 8 heteroatoms. The summed E-state index contributed by atoms with van der Waals surface area (Å²) >= 11 is 0. The van der Waals surface area contributed by atoms with Gasteiger partial charge in [0.25, 0.3) is 0 Å². The standard InChI is InChI=1S/C15H16FN5O2/c1-10-18-15-7-6-14(20-21(15)19-10)17-8-12(22)9-23-13-4-2-11(16)3-5-13/h2-7,12,22H,8-9H2,1H3,(H,17,20)/t12-/m1/s1. The highest BCUT2D eigenvalue weighted by atomic mass is 19.1. The Morgan fingerprint density at radius 3 is 2.78 bits per heavy atom. The van der Waals surface area contributed by atoms with Gasteiger partial charge in [-0.15, -0.1) is 14.8 Å². The van der Waals surface area contributed by atoms with E-state index in [2.05, 4.69) is 20.5 Å². The van der Waals surface area contributed by atoms with Gasteiger partial charge >= 0.3 is 0 Å². The van der Waals surface area contributed by atoms with E-state index in [0.29, 0.717) is 23.0 Å². The number of rotatable bonds is 6. The number of aryl methyl sites for hydroxylation is 1. The molecule has 0 radical (unpaired) electrons. The molecule has 0 amide bonds. The lowest BCUT2D eigenvalue weighted by Gasteiger charge is -2.13. The van der Waals surface area contributed by atoms with Gasteiger partial charge in [0.2, 0.25) is 0 Å². The largest absolute Gasteiger partial charge is 0.491 e. The molecule has 2 aromatic heterocycles. The van der Waals surface area contributed by atoms with E-state index >= 15 is 0 Å². The van der Waals surface area contributed by atoms with E-state index in [1.807, 2.05) is 0 Å². The van der Waals surface area contributed by atoms with Gasteiger partial charge in [-0.3, -0.25) is 0 Å². The van der Waals surface area contributed by atoms with Gasteiger partial charge in [-0.25, -0.2) is 9.37 Å². The zero-order chi connectivity index (χ0) is 16.2. The fourth-order valence-electron chi connectivity index (χ4n) is 1.99. The van der Waals surface area contributed by atoms with Crippen LogP contribution in [0, 0.1) is 12.7 Å². The molecule has 2 heterocycles. The smallest absolute Gasteiger partial charge is 0.176 e. The average Bonchev–Trinajstić information content (AvgIpc) is 2.91. The van der Waals surface area contributed by atoms with Gasteiger partial charge in [-0.05, 0) is 43.3 Å². The Kier molecular flexibility index (Phi) is 4.33. The second-order valence-electron chi connectivity index (χ2n) is 5.02. The van der Waals surface area contributed by atoms with Crippen LogP contribution >= 0.6 is 0 Å². The van der Waals surface area contributed by atoms with Crippen molar-refractivity contribution in [3.05, 3.63) is 48.0 Å². The van der Waals surface area contributed by atoms with Gasteiger partial charge in [0.05, 0.1) is 0 Å². The molecule has 0 spiro atoms. The van der Waals surface area contributed by atoms with Crippen LogP contribution in [-0.4, -0.2) is 44.2 Å². The molecular weight excluding hydrogens is 301 g/mol. The first-order valence-electron chi connectivity index (χ1n) is 7.11. The van der Waals surface area contributed by atoms with Gasteiger partial charge < -0.3 is 15.2 Å². The first kappa shape index (κ1) is 15.2. The summed E-state index contributed by atoms with van der Waals surface area (Å²) in [5, 5.41) is 21.3. The third-order valence-corrected chi connectivity index (χ3v) is 3.09. The van der Waals surface area contributed by atoms with Crippen LogP contribution in [0.4, 0.5) is 10.2 Å². The van der Waals surface area contributed by atoms with Crippen LogP contribution in [0.5, 0.6) is 5.75 Å². The molecule has 7 nitrogen and oxygen atoms in total. The molecule has 3 rings (SSSR count). The van der Waals surface area contributed by atoms with E-state index in [-0.39, 0.29) is 19.0 Å². The van der Waals surface area contributed by atoms with Crippen molar-refractivity contribution in [3.63, 3.8) is 0 Å². The number of aliphatic hydroxyl groups is 1. The van der Waals surface area contributed by atoms with E-state index in [0.717, 1.165) is 0 Å². The molecule has 1 atom stereocenters. The van der Waals surface area contributed by atoms with E-state index in [9.17, 15) is 9.50 Å². The maximum Gasteiger partial charge on any atom is 0.176 e. The van der Waals surface area contributed by atoms with E-state index in [1.54, 1.807) is 19.1 Å². The molecule has 1 aromatic carbocycles. The number of nitrogens with zero attached hydrogens (tertiary/aromatic N) is 4. The number of ether oxygens (including phenoxy) is 1. The number of anilines is 1. The summed E-state index contributed by atoms with van der Waals surface area (Å²) in [5.74, 6) is 1.39. The van der Waals surface area contributed by atoms with Crippen molar-refractivity contribution in [2.24, 2.45) is 0 Å². The molecule has 2 N–H and O–H groups in total. The van der Waals surface area contributed by atoms with E-state index in [1.165, 1.54) is 28.9 Å². The molecule has 0 bridgehead atoms. The van der Waals surface area contributed by atoms with Crippen LogP contribution in [0.2, 0.25) is 0 Å². The lowest BCUT2D eigenvalue weighted by molar-refractivity contribution is 0.117. The Balaban J connectivity index is 1.51. The van der Waals surface area contributed by atoms with Gasteiger partial charge in [-0.2, -0.15) is 0 Å². The van der Waals surface area contributed by atoms with Crippen LogP contribution in [0.1, 0.15) is 5.82 Å². The van der Waals surface area contributed by atoms with Crippen molar-refractivity contribution in [2.45, 2.75) is 13.0 Å². The first-order chi connectivity index (χ1) is 11.1. The molecule has 0 unspecified atom stereocenters. The van der Waals surface area contributed by atoms with Crippen molar-refractivity contribution in [1.82, 2.24) is 19.8 Å². The zero-order valence-electron chi connectivity index (χ0n) is 12.5. The second kappa shape index (κ2) is 6.57. The third kappa shape index (κ3) is 3.92. The third-order valence-electron chi connectivity index (χ3n) is 3.09. The van der Waals surface area contributed by atoms with Crippen LogP contribution in [0.3, 0.4) is 0 Å². The van der Waals surface area contributed by atoms with Crippen LogP contribution in [-0.2, 0) is 0 Å². The molecular formula is C15H16FN5O2. The minimum absolute atomic E-state index is 0.0866. The van der Waals surface area contributed by atoms with Crippen molar-refractivity contribution in [1.29, 1.82) is 0 Å². The van der Waals surface area contributed by atoms with E-state index in [4.69, 9.17) is 4.74 Å². The molecule has 0 saturated heterocycles. The molecule has 23 heavy (non-hydrogen) atoms. The second-order valence-corrected chi connectivity index (χ2v) is 5.02. The minimum atomic E-state index is -0.741. The predicted octanol–water partition coefficient (Wildman–Crippen LogP) is 1.42. The summed E-state index contributed by atoms with van der Waals surface area (Å²) in [5.41, 5.74) is 0.660. The first-order valence-corrected chi connectivity index (χ1v) is 7.11. The Hall–Kier alpha value is -2.74. The molecule has 0 aliphatic heterocycles. The van der Waals surface area contributed by atoms with Crippen molar-refractivity contribution >= 4 is 11.5 Å². The van der Waals surface area contributed by atoms with Gasteiger partial charge in [0, 0.05) is 6.54 Å². The maximum atomic E-state index is 12.8. The van der Waals surface area contributed by atoms with Crippen molar-refractivity contribution in [3.8, 4) is 5.75 Å².